The number of carbonyl (C=O) groups excluding carboxylic acids is 2. The number of hydrogen-bond donors (Lipinski definition) is 3. The van der Waals surface area contributed by atoms with Crippen molar-refractivity contribution in [2.45, 2.75) is 46.2 Å². The van der Waals surface area contributed by atoms with Crippen LogP contribution in [0.2, 0.25) is 0 Å². The van der Waals surface area contributed by atoms with Gasteiger partial charge in [0.1, 0.15) is 29.6 Å². The maximum absolute atomic E-state index is 13.0. The van der Waals surface area contributed by atoms with Crippen LogP contribution in [0.15, 0.2) is 49.3 Å². The molecule has 14 heteroatoms. The predicted molar refractivity (Wildman–Crippen MR) is 164 cm³/mol. The number of benzene rings is 1. The first-order valence-electron chi connectivity index (χ1n) is 12.5. The quantitative estimate of drug-likeness (QED) is 0.194. The van der Waals surface area contributed by atoms with Crippen LogP contribution in [0.5, 0.6) is 0 Å². The molecule has 0 aliphatic heterocycles. The van der Waals surface area contributed by atoms with Crippen LogP contribution in [0, 0.1) is 18.3 Å². The molecule has 0 saturated heterocycles. The SMILES string of the molecule is C.C=CCOC(=O)c1ccc2c(c1C)CC[C@@H]2NC(=O)c1cc(C(=O)O)nc2ncnn12.CC(N)c1ccc(C#N)s1.Cl. The predicted octanol–water partition coefficient (Wildman–Crippen LogP) is 4.59. The van der Waals surface area contributed by atoms with E-state index in [0.717, 1.165) is 26.4 Å². The standard InChI is InChI=1S/C21H19N5O5.C7H8N2S.CH4.ClH/c1-3-8-31-20(30)13-4-5-14-12(11(13)2)6-7-15(14)24-18(27)17-9-16(19(28)29)25-21-22-10-23-26(17)21;1-5(9)7-3-2-6(4-8)10-7;;/h3-5,9-10,15H,1,6-8H2,2H3,(H,24,27)(H,28,29);2-3,5H,9H2,1H3;1H4;1H/t15-;;;/m0.../s1. The molecule has 1 aromatic carbocycles. The molecular formula is C29H32ClN7O5S. The maximum Gasteiger partial charge on any atom is 0.354 e. The summed E-state index contributed by atoms with van der Waals surface area (Å²) in [6, 6.07) is 10.2. The van der Waals surface area contributed by atoms with Crippen LogP contribution in [0.25, 0.3) is 5.78 Å². The van der Waals surface area contributed by atoms with Crippen molar-refractivity contribution in [3.63, 3.8) is 0 Å². The number of nitriles is 1. The van der Waals surface area contributed by atoms with E-state index in [2.05, 4.69) is 33.0 Å². The van der Waals surface area contributed by atoms with Crippen molar-refractivity contribution in [2.75, 3.05) is 6.61 Å². The molecule has 0 fully saturated rings. The van der Waals surface area contributed by atoms with Gasteiger partial charge in [0.25, 0.3) is 11.7 Å². The first-order chi connectivity index (χ1) is 19.6. The van der Waals surface area contributed by atoms with Gasteiger partial charge in [0.2, 0.25) is 0 Å². The normalized spacial score (nSPS) is 13.6. The number of aromatic carboxylic acids is 1. The van der Waals surface area contributed by atoms with Gasteiger partial charge in [-0.15, -0.1) is 23.7 Å². The van der Waals surface area contributed by atoms with Gasteiger partial charge in [-0.05, 0) is 61.6 Å². The van der Waals surface area contributed by atoms with Gasteiger partial charge in [0.05, 0.1) is 11.6 Å². The lowest BCUT2D eigenvalue weighted by Gasteiger charge is -2.16. The number of carboxylic acid groups (broad SMARTS) is 1. The van der Waals surface area contributed by atoms with E-state index in [1.807, 2.05) is 26.0 Å². The van der Waals surface area contributed by atoms with E-state index in [0.29, 0.717) is 18.4 Å². The second-order valence-corrected chi connectivity index (χ2v) is 10.3. The third-order valence-electron chi connectivity index (χ3n) is 6.44. The number of fused-ring (bicyclic) bond motifs is 2. The summed E-state index contributed by atoms with van der Waals surface area (Å²) in [7, 11) is 0. The van der Waals surface area contributed by atoms with Crippen molar-refractivity contribution in [3.8, 4) is 6.07 Å². The lowest BCUT2D eigenvalue weighted by molar-refractivity contribution is 0.0548. The summed E-state index contributed by atoms with van der Waals surface area (Å²) in [5, 5.41) is 24.6. The number of thiophene rings is 1. The molecule has 1 aliphatic rings. The summed E-state index contributed by atoms with van der Waals surface area (Å²) in [5.41, 5.74) is 8.51. The fourth-order valence-electron chi connectivity index (χ4n) is 4.44. The van der Waals surface area contributed by atoms with Gasteiger partial charge in [-0.3, -0.25) is 4.79 Å². The number of ether oxygens (including phenoxy) is 1. The number of hydrogen-bond acceptors (Lipinski definition) is 10. The highest BCUT2D eigenvalue weighted by atomic mass is 35.5. The Morgan fingerprint density at radius 2 is 2.09 bits per heavy atom. The first kappa shape index (κ1) is 34.6. The number of aromatic nitrogens is 4. The van der Waals surface area contributed by atoms with E-state index < -0.39 is 17.8 Å². The smallest absolute Gasteiger partial charge is 0.354 e. The van der Waals surface area contributed by atoms with E-state index >= 15 is 0 Å². The molecule has 4 N–H and O–H groups in total. The van der Waals surface area contributed by atoms with Gasteiger partial charge in [-0.25, -0.2) is 14.6 Å². The molecular weight excluding hydrogens is 594 g/mol. The van der Waals surface area contributed by atoms with Crippen molar-refractivity contribution in [2.24, 2.45) is 5.73 Å². The second kappa shape index (κ2) is 15.0. The third kappa shape index (κ3) is 7.61. The summed E-state index contributed by atoms with van der Waals surface area (Å²) in [4.78, 5) is 46.1. The fraction of sp³-hybridized carbons (Fsp3) is 0.276. The molecule has 5 rings (SSSR count). The van der Waals surface area contributed by atoms with Crippen molar-refractivity contribution >= 4 is 47.4 Å². The number of carboxylic acids is 1. The minimum Gasteiger partial charge on any atom is -0.477 e. The van der Waals surface area contributed by atoms with Crippen molar-refractivity contribution in [1.29, 1.82) is 5.26 Å². The second-order valence-electron chi connectivity index (χ2n) is 9.16. The number of carbonyl (C=O) groups is 3. The monoisotopic (exact) mass is 625 g/mol. The Kier molecular flexibility index (Phi) is 12.1. The number of halogens is 1. The highest BCUT2D eigenvalue weighted by molar-refractivity contribution is 7.12. The molecule has 1 unspecified atom stereocenters. The van der Waals surface area contributed by atoms with Gasteiger partial charge in [-0.2, -0.15) is 19.9 Å². The summed E-state index contributed by atoms with van der Waals surface area (Å²) in [5.74, 6) is -2.16. The van der Waals surface area contributed by atoms with Crippen LogP contribution in [-0.2, 0) is 11.2 Å². The van der Waals surface area contributed by atoms with Crippen molar-refractivity contribution < 1.29 is 24.2 Å². The highest BCUT2D eigenvalue weighted by Crippen LogP contribution is 2.35. The minimum absolute atomic E-state index is 0. The Labute approximate surface area is 258 Å². The Bertz CT molecular complexity index is 1690. The Morgan fingerprint density at radius 1 is 1.35 bits per heavy atom. The molecule has 0 saturated carbocycles. The number of rotatable bonds is 7. The maximum atomic E-state index is 13.0. The summed E-state index contributed by atoms with van der Waals surface area (Å²) >= 11 is 1.45. The van der Waals surface area contributed by atoms with Crippen LogP contribution < -0.4 is 11.1 Å². The molecule has 12 nitrogen and oxygen atoms in total. The zero-order chi connectivity index (χ0) is 29.7. The molecule has 0 spiro atoms. The van der Waals surface area contributed by atoms with Crippen LogP contribution >= 0.6 is 23.7 Å². The zero-order valence-corrected chi connectivity index (χ0v) is 24.4. The Hall–Kier alpha value is -4.64. The van der Waals surface area contributed by atoms with E-state index in [-0.39, 0.29) is 55.7 Å². The Morgan fingerprint density at radius 3 is 2.70 bits per heavy atom. The number of nitrogens with two attached hydrogens (primary N) is 1. The first-order valence-corrected chi connectivity index (χ1v) is 13.4. The van der Waals surface area contributed by atoms with Crippen LogP contribution in [-0.4, -0.2) is 49.1 Å². The molecule has 1 amide bonds. The molecule has 3 heterocycles. The van der Waals surface area contributed by atoms with E-state index in [1.165, 1.54) is 34.3 Å². The molecule has 1 aliphatic carbocycles. The third-order valence-corrected chi connectivity index (χ3v) is 7.63. The average Bonchev–Trinajstić information content (AvgIpc) is 3.71. The summed E-state index contributed by atoms with van der Waals surface area (Å²) in [6.45, 7) is 7.43. The van der Waals surface area contributed by atoms with E-state index in [4.69, 9.17) is 15.7 Å². The van der Waals surface area contributed by atoms with Gasteiger partial charge < -0.3 is 20.9 Å². The number of amides is 1. The minimum atomic E-state index is -1.27. The van der Waals surface area contributed by atoms with Crippen LogP contribution in [0.1, 0.15) is 90.6 Å². The molecule has 2 atom stereocenters. The summed E-state index contributed by atoms with van der Waals surface area (Å²) in [6.07, 6.45) is 4.04. The molecule has 0 bridgehead atoms. The average molecular weight is 626 g/mol. The topological polar surface area (TPSA) is 186 Å². The molecule has 3 aromatic heterocycles. The number of esters is 1. The van der Waals surface area contributed by atoms with Crippen LogP contribution in [0.4, 0.5) is 0 Å². The lowest BCUT2D eigenvalue weighted by atomic mass is 9.98. The van der Waals surface area contributed by atoms with E-state index in [9.17, 15) is 19.5 Å². The highest BCUT2D eigenvalue weighted by Gasteiger charge is 2.29. The van der Waals surface area contributed by atoms with Gasteiger partial charge >= 0.3 is 11.9 Å². The van der Waals surface area contributed by atoms with Crippen LogP contribution in [0.3, 0.4) is 0 Å². The Balaban J connectivity index is 0.000000460. The molecule has 226 valence electrons. The molecule has 4 aromatic rings. The van der Waals surface area contributed by atoms with Gasteiger partial charge in [0.15, 0.2) is 5.69 Å². The van der Waals surface area contributed by atoms with Gasteiger partial charge in [0, 0.05) is 17.0 Å². The largest absolute Gasteiger partial charge is 0.477 e. The molecule has 43 heavy (non-hydrogen) atoms. The van der Waals surface area contributed by atoms with Crippen molar-refractivity contribution in [1.82, 2.24) is 24.9 Å². The summed E-state index contributed by atoms with van der Waals surface area (Å²) < 4.78 is 6.33. The molecule has 0 radical (unpaired) electrons. The fourth-order valence-corrected chi connectivity index (χ4v) is 5.19. The van der Waals surface area contributed by atoms with Crippen molar-refractivity contribution in [3.05, 3.63) is 92.7 Å². The lowest BCUT2D eigenvalue weighted by Crippen LogP contribution is -2.29. The van der Waals surface area contributed by atoms with E-state index in [1.54, 1.807) is 12.1 Å². The number of nitrogens with zero attached hydrogens (tertiary/aromatic N) is 5. The van der Waals surface area contributed by atoms with Gasteiger partial charge in [-0.1, -0.05) is 26.1 Å². The number of nitrogens with one attached hydrogen (secondary N) is 1. The zero-order valence-electron chi connectivity index (χ0n) is 22.7.